The molecule has 4 unspecified atom stereocenters. The second-order valence-corrected chi connectivity index (χ2v) is 6.02. The molecule has 4 heteroatoms. The van der Waals surface area contributed by atoms with Gasteiger partial charge in [0.1, 0.15) is 0 Å². The molecule has 0 aromatic carbocycles. The van der Waals surface area contributed by atoms with E-state index in [0.29, 0.717) is 23.8 Å². The summed E-state index contributed by atoms with van der Waals surface area (Å²) in [6, 6.07) is 0.418. The molecule has 0 radical (unpaired) electrons. The summed E-state index contributed by atoms with van der Waals surface area (Å²) in [5.74, 6) is 3.00. The fraction of sp³-hybridized carbons (Fsp3) is 0.923. The molecule has 0 aromatic heterocycles. The van der Waals surface area contributed by atoms with Gasteiger partial charge in [-0.05, 0) is 56.9 Å². The molecule has 0 bridgehead atoms. The molecule has 98 valence electrons. The lowest BCUT2D eigenvalue weighted by Crippen LogP contribution is -2.36. The van der Waals surface area contributed by atoms with Crippen LogP contribution >= 0.6 is 12.4 Å². The van der Waals surface area contributed by atoms with Gasteiger partial charge in [-0.25, -0.2) is 0 Å². The number of nitrogens with two attached hydrogens (primary N) is 1. The zero-order valence-electron chi connectivity index (χ0n) is 10.5. The molecule has 2 N–H and O–H groups in total. The summed E-state index contributed by atoms with van der Waals surface area (Å²) in [4.78, 5) is 14.4. The van der Waals surface area contributed by atoms with Crippen LogP contribution in [0.4, 0.5) is 0 Å². The molecule has 3 rings (SSSR count). The van der Waals surface area contributed by atoms with E-state index in [9.17, 15) is 4.79 Å². The number of hydrogen-bond acceptors (Lipinski definition) is 2. The summed E-state index contributed by atoms with van der Waals surface area (Å²) in [5.41, 5.74) is 5.70. The van der Waals surface area contributed by atoms with Crippen molar-refractivity contribution in [3.8, 4) is 0 Å². The zero-order valence-corrected chi connectivity index (χ0v) is 11.3. The van der Waals surface area contributed by atoms with Crippen LogP contribution in [0.3, 0.4) is 0 Å². The van der Waals surface area contributed by atoms with Crippen molar-refractivity contribution in [1.82, 2.24) is 4.90 Å². The van der Waals surface area contributed by atoms with Crippen LogP contribution in [0.25, 0.3) is 0 Å². The third kappa shape index (κ3) is 2.45. The minimum Gasteiger partial charge on any atom is -0.339 e. The fourth-order valence-electron chi connectivity index (χ4n) is 3.38. The van der Waals surface area contributed by atoms with Crippen molar-refractivity contribution < 1.29 is 4.79 Å². The molecule has 1 amide bonds. The van der Waals surface area contributed by atoms with Crippen molar-refractivity contribution in [2.45, 2.75) is 38.6 Å². The smallest absolute Gasteiger partial charge is 0.226 e. The maximum Gasteiger partial charge on any atom is 0.226 e. The Balaban J connectivity index is 0.00000108. The van der Waals surface area contributed by atoms with Crippen LogP contribution in [-0.4, -0.2) is 29.9 Å². The van der Waals surface area contributed by atoms with Gasteiger partial charge >= 0.3 is 0 Å². The molecule has 1 aliphatic heterocycles. The highest BCUT2D eigenvalue weighted by atomic mass is 35.5. The van der Waals surface area contributed by atoms with Crippen molar-refractivity contribution in [1.29, 1.82) is 0 Å². The van der Waals surface area contributed by atoms with Gasteiger partial charge in [0.25, 0.3) is 0 Å². The predicted molar refractivity (Wildman–Crippen MR) is 69.9 cm³/mol. The number of halogens is 1. The van der Waals surface area contributed by atoms with E-state index in [1.54, 1.807) is 0 Å². The lowest BCUT2D eigenvalue weighted by molar-refractivity contribution is -0.133. The molecule has 3 aliphatic rings. The number of rotatable bonds is 3. The van der Waals surface area contributed by atoms with E-state index in [1.165, 1.54) is 19.3 Å². The Morgan fingerprint density at radius 1 is 1.35 bits per heavy atom. The maximum absolute atomic E-state index is 12.3. The molecular formula is C13H23ClN2O. The van der Waals surface area contributed by atoms with Gasteiger partial charge in [-0.1, -0.05) is 0 Å². The normalized spacial score (nSPS) is 40.0. The predicted octanol–water partition coefficient (Wildman–Crippen LogP) is 1.65. The van der Waals surface area contributed by atoms with E-state index in [-0.39, 0.29) is 12.4 Å². The Bertz CT molecular complexity index is 306. The second-order valence-electron chi connectivity index (χ2n) is 6.02. The van der Waals surface area contributed by atoms with Gasteiger partial charge in [0.05, 0.1) is 0 Å². The molecule has 0 aromatic rings. The molecule has 3 nitrogen and oxygen atoms in total. The van der Waals surface area contributed by atoms with Gasteiger partial charge in [0.15, 0.2) is 0 Å². The number of amides is 1. The summed E-state index contributed by atoms with van der Waals surface area (Å²) in [5, 5.41) is 0. The van der Waals surface area contributed by atoms with Gasteiger partial charge in [-0.15, -0.1) is 12.4 Å². The van der Waals surface area contributed by atoms with Crippen LogP contribution in [0.1, 0.15) is 32.6 Å². The van der Waals surface area contributed by atoms with Crippen LogP contribution in [-0.2, 0) is 4.79 Å². The van der Waals surface area contributed by atoms with E-state index in [4.69, 9.17) is 5.73 Å². The van der Waals surface area contributed by atoms with Crippen molar-refractivity contribution >= 4 is 18.3 Å². The van der Waals surface area contributed by atoms with Crippen molar-refractivity contribution in [3.63, 3.8) is 0 Å². The van der Waals surface area contributed by atoms with Crippen molar-refractivity contribution in [2.75, 3.05) is 13.1 Å². The monoisotopic (exact) mass is 258 g/mol. The first kappa shape index (κ1) is 13.2. The Labute approximate surface area is 110 Å². The third-order valence-electron chi connectivity index (χ3n) is 4.66. The standard InChI is InChI=1S/C13H22N2O.ClH/c1-8-4-9(6-14)7-15(8)13(16)12-5-11(12)10-2-3-10;/h8-12H,2-7,14H2,1H3;1H. The average Bonchev–Trinajstić information content (AvgIpc) is 3.12. The molecule has 1 saturated heterocycles. The van der Waals surface area contributed by atoms with E-state index in [0.717, 1.165) is 31.3 Å². The molecule has 3 fully saturated rings. The van der Waals surface area contributed by atoms with Crippen LogP contribution in [0.15, 0.2) is 0 Å². The molecule has 2 saturated carbocycles. The van der Waals surface area contributed by atoms with Crippen LogP contribution < -0.4 is 5.73 Å². The molecule has 2 aliphatic carbocycles. The number of nitrogens with zero attached hydrogens (tertiary/aromatic N) is 1. The van der Waals surface area contributed by atoms with Crippen LogP contribution in [0, 0.1) is 23.7 Å². The lowest BCUT2D eigenvalue weighted by atomic mass is 10.1. The minimum atomic E-state index is 0. The Morgan fingerprint density at radius 2 is 2.06 bits per heavy atom. The van der Waals surface area contributed by atoms with Crippen LogP contribution in [0.2, 0.25) is 0 Å². The van der Waals surface area contributed by atoms with E-state index in [1.807, 2.05) is 0 Å². The lowest BCUT2D eigenvalue weighted by Gasteiger charge is -2.21. The Hall–Kier alpha value is -0.280. The topological polar surface area (TPSA) is 46.3 Å². The van der Waals surface area contributed by atoms with E-state index in [2.05, 4.69) is 11.8 Å². The molecule has 0 spiro atoms. The van der Waals surface area contributed by atoms with Gasteiger partial charge < -0.3 is 10.6 Å². The fourth-order valence-corrected chi connectivity index (χ4v) is 3.38. The maximum atomic E-state index is 12.3. The van der Waals surface area contributed by atoms with Crippen molar-refractivity contribution in [2.24, 2.45) is 29.4 Å². The first-order valence-corrected chi connectivity index (χ1v) is 6.71. The number of hydrogen-bond donors (Lipinski definition) is 1. The highest BCUT2D eigenvalue weighted by Gasteiger charge is 2.53. The van der Waals surface area contributed by atoms with Gasteiger partial charge in [0, 0.05) is 18.5 Å². The zero-order chi connectivity index (χ0) is 11.3. The largest absolute Gasteiger partial charge is 0.339 e. The quantitative estimate of drug-likeness (QED) is 0.837. The van der Waals surface area contributed by atoms with Gasteiger partial charge in [-0.2, -0.15) is 0 Å². The first-order valence-electron chi connectivity index (χ1n) is 6.71. The molecular weight excluding hydrogens is 236 g/mol. The number of likely N-dealkylation sites (tertiary alicyclic amines) is 1. The molecule has 17 heavy (non-hydrogen) atoms. The van der Waals surface area contributed by atoms with Crippen molar-refractivity contribution in [3.05, 3.63) is 0 Å². The third-order valence-corrected chi connectivity index (χ3v) is 4.66. The summed E-state index contributed by atoms with van der Waals surface area (Å²) in [6.07, 6.45) is 5.01. The summed E-state index contributed by atoms with van der Waals surface area (Å²) in [7, 11) is 0. The van der Waals surface area contributed by atoms with Crippen LogP contribution in [0.5, 0.6) is 0 Å². The van der Waals surface area contributed by atoms with E-state index < -0.39 is 0 Å². The highest BCUT2D eigenvalue weighted by molar-refractivity contribution is 5.85. The highest BCUT2D eigenvalue weighted by Crippen LogP contribution is 2.55. The van der Waals surface area contributed by atoms with E-state index >= 15 is 0 Å². The average molecular weight is 259 g/mol. The number of carbonyl (C=O) groups is 1. The SMILES string of the molecule is CC1CC(CN)CN1C(=O)C1CC1C1CC1.Cl. The molecule has 1 heterocycles. The van der Waals surface area contributed by atoms with Gasteiger partial charge in [-0.3, -0.25) is 4.79 Å². The minimum absolute atomic E-state index is 0. The summed E-state index contributed by atoms with van der Waals surface area (Å²) >= 11 is 0. The Kier molecular flexibility index (Phi) is 3.69. The first-order chi connectivity index (χ1) is 7.70. The number of carbonyl (C=O) groups excluding carboxylic acids is 1. The van der Waals surface area contributed by atoms with Gasteiger partial charge in [0.2, 0.25) is 5.91 Å². The molecule has 4 atom stereocenters. The summed E-state index contributed by atoms with van der Waals surface area (Å²) in [6.45, 7) is 3.80. The second kappa shape index (κ2) is 4.77. The summed E-state index contributed by atoms with van der Waals surface area (Å²) < 4.78 is 0. The Morgan fingerprint density at radius 3 is 2.59 bits per heavy atom.